The fourth-order valence-corrected chi connectivity index (χ4v) is 1.31. The van der Waals surface area contributed by atoms with Crippen LogP contribution in [0, 0.1) is 0 Å². The Labute approximate surface area is 87.3 Å². The Balaban J connectivity index is 2.13. The average Bonchev–Trinajstić information content (AvgIpc) is 2.56. The molecule has 0 saturated carbocycles. The number of aliphatic hydroxyl groups excluding tert-OH is 1. The summed E-state index contributed by atoms with van der Waals surface area (Å²) >= 11 is 0. The van der Waals surface area contributed by atoms with Crippen LogP contribution in [0.2, 0.25) is 0 Å². The summed E-state index contributed by atoms with van der Waals surface area (Å²) in [5.74, 6) is -0.504. The smallest absolute Gasteiger partial charge is 0.333 e. The van der Waals surface area contributed by atoms with Crippen LogP contribution in [-0.4, -0.2) is 17.4 Å². The van der Waals surface area contributed by atoms with E-state index in [9.17, 15) is 9.90 Å². The highest BCUT2D eigenvalue weighted by atomic mass is 16.6. The summed E-state index contributed by atoms with van der Waals surface area (Å²) in [5, 5.41) is 9.27. The third kappa shape index (κ3) is 2.33. The van der Waals surface area contributed by atoms with E-state index < -0.39 is 12.3 Å². The minimum atomic E-state index is -1.13. The number of carbonyl (C=O) groups excluding carboxylic acids is 1. The number of carbonyl (C=O) groups is 1. The second kappa shape index (κ2) is 4.11. The Morgan fingerprint density at radius 1 is 1.20 bits per heavy atom. The maximum Gasteiger partial charge on any atom is 0.333 e. The molecule has 2 rings (SSSR count). The Hall–Kier alpha value is -1.87. The highest BCUT2D eigenvalue weighted by molar-refractivity contribution is 5.86. The van der Waals surface area contributed by atoms with Crippen molar-refractivity contribution in [2.75, 3.05) is 0 Å². The fourth-order valence-electron chi connectivity index (χ4n) is 1.31. The number of rotatable bonds is 2. The number of esters is 1. The molecular weight excluding hydrogens is 192 g/mol. The van der Waals surface area contributed by atoms with Gasteiger partial charge in [0.1, 0.15) is 0 Å². The number of benzene rings is 1. The van der Waals surface area contributed by atoms with Crippen LogP contribution in [0.5, 0.6) is 0 Å². The van der Waals surface area contributed by atoms with E-state index in [2.05, 4.69) is 4.74 Å². The lowest BCUT2D eigenvalue weighted by Gasteiger charge is -2.02. The quantitative estimate of drug-likeness (QED) is 0.739. The van der Waals surface area contributed by atoms with Gasteiger partial charge in [-0.3, -0.25) is 0 Å². The molecule has 3 heteroatoms. The SMILES string of the molecule is O=C1C=C(C=Cc2ccccc2)C(O)O1. The summed E-state index contributed by atoms with van der Waals surface area (Å²) in [6.45, 7) is 0. The summed E-state index contributed by atoms with van der Waals surface area (Å²) in [4.78, 5) is 10.8. The van der Waals surface area contributed by atoms with Crippen LogP contribution in [0.15, 0.2) is 48.1 Å². The highest BCUT2D eigenvalue weighted by Crippen LogP contribution is 2.15. The highest BCUT2D eigenvalue weighted by Gasteiger charge is 2.20. The third-order valence-corrected chi connectivity index (χ3v) is 2.07. The molecule has 0 spiro atoms. The summed E-state index contributed by atoms with van der Waals surface area (Å²) in [6, 6.07) is 9.62. The molecule has 1 aromatic carbocycles. The lowest BCUT2D eigenvalue weighted by atomic mass is 10.1. The fraction of sp³-hybridized carbons (Fsp3) is 0.0833. The summed E-state index contributed by atoms with van der Waals surface area (Å²) in [5.41, 5.74) is 1.48. The van der Waals surface area contributed by atoms with Crippen molar-refractivity contribution in [3.8, 4) is 0 Å². The summed E-state index contributed by atoms with van der Waals surface area (Å²) in [7, 11) is 0. The van der Waals surface area contributed by atoms with E-state index in [1.807, 2.05) is 36.4 Å². The zero-order valence-corrected chi connectivity index (χ0v) is 7.96. The van der Waals surface area contributed by atoms with Crippen molar-refractivity contribution in [2.45, 2.75) is 6.29 Å². The van der Waals surface area contributed by atoms with Crippen molar-refractivity contribution in [1.29, 1.82) is 0 Å². The van der Waals surface area contributed by atoms with E-state index >= 15 is 0 Å². The molecule has 15 heavy (non-hydrogen) atoms. The van der Waals surface area contributed by atoms with Gasteiger partial charge in [-0.1, -0.05) is 42.5 Å². The predicted octanol–water partition coefficient (Wildman–Crippen LogP) is 1.50. The van der Waals surface area contributed by atoms with Crippen LogP contribution < -0.4 is 0 Å². The average molecular weight is 202 g/mol. The first-order valence-electron chi connectivity index (χ1n) is 4.59. The number of cyclic esters (lactones) is 1. The Morgan fingerprint density at radius 3 is 2.53 bits per heavy atom. The molecule has 0 saturated heterocycles. The number of aliphatic hydroxyl groups is 1. The van der Waals surface area contributed by atoms with Gasteiger partial charge in [-0.25, -0.2) is 4.79 Å². The molecule has 0 fully saturated rings. The van der Waals surface area contributed by atoms with Gasteiger partial charge in [0.15, 0.2) is 0 Å². The van der Waals surface area contributed by atoms with Crippen LogP contribution in [0.3, 0.4) is 0 Å². The van der Waals surface area contributed by atoms with E-state index in [1.54, 1.807) is 6.08 Å². The minimum absolute atomic E-state index is 0.476. The summed E-state index contributed by atoms with van der Waals surface area (Å²) in [6.07, 6.45) is 3.64. The molecule has 0 aliphatic carbocycles. The van der Waals surface area contributed by atoms with Crippen LogP contribution in [0.25, 0.3) is 6.08 Å². The Kier molecular flexibility index (Phi) is 2.65. The third-order valence-electron chi connectivity index (χ3n) is 2.07. The molecule has 1 N–H and O–H groups in total. The van der Waals surface area contributed by atoms with Crippen LogP contribution in [-0.2, 0) is 9.53 Å². The topological polar surface area (TPSA) is 46.5 Å². The molecular formula is C12H10O3. The molecule has 1 unspecified atom stereocenters. The van der Waals surface area contributed by atoms with Gasteiger partial charge in [0.2, 0.25) is 6.29 Å². The van der Waals surface area contributed by atoms with Gasteiger partial charge in [-0.15, -0.1) is 0 Å². The lowest BCUT2D eigenvalue weighted by molar-refractivity contribution is -0.150. The van der Waals surface area contributed by atoms with Gasteiger partial charge in [-0.2, -0.15) is 0 Å². The van der Waals surface area contributed by atoms with E-state index in [-0.39, 0.29) is 0 Å². The first kappa shape index (κ1) is 9.68. The first-order chi connectivity index (χ1) is 7.25. The van der Waals surface area contributed by atoms with Gasteiger partial charge >= 0.3 is 5.97 Å². The molecule has 1 aliphatic rings. The van der Waals surface area contributed by atoms with Crippen LogP contribution in [0.4, 0.5) is 0 Å². The number of hydrogen-bond acceptors (Lipinski definition) is 3. The minimum Gasteiger partial charge on any atom is -0.428 e. The van der Waals surface area contributed by atoms with E-state index in [1.165, 1.54) is 6.08 Å². The van der Waals surface area contributed by atoms with E-state index in [0.29, 0.717) is 5.57 Å². The maximum absolute atomic E-state index is 10.8. The predicted molar refractivity (Wildman–Crippen MR) is 55.7 cm³/mol. The van der Waals surface area contributed by atoms with Crippen molar-refractivity contribution in [1.82, 2.24) is 0 Å². The second-order valence-corrected chi connectivity index (χ2v) is 3.18. The molecule has 0 aromatic heterocycles. The zero-order valence-electron chi connectivity index (χ0n) is 7.96. The molecule has 1 atom stereocenters. The number of hydrogen-bond donors (Lipinski definition) is 1. The van der Waals surface area contributed by atoms with Crippen molar-refractivity contribution in [3.05, 3.63) is 53.6 Å². The standard InChI is InChI=1S/C12H10O3/c13-11-8-10(12(14)15-11)7-6-9-4-2-1-3-5-9/h1-8,12,14H. The zero-order chi connectivity index (χ0) is 10.7. The van der Waals surface area contributed by atoms with E-state index in [0.717, 1.165) is 5.56 Å². The molecule has 1 heterocycles. The normalized spacial score (nSPS) is 20.5. The number of ether oxygens (including phenoxy) is 1. The molecule has 3 nitrogen and oxygen atoms in total. The van der Waals surface area contributed by atoms with Crippen molar-refractivity contribution in [2.24, 2.45) is 0 Å². The van der Waals surface area contributed by atoms with Crippen molar-refractivity contribution >= 4 is 12.0 Å². The Morgan fingerprint density at radius 2 is 1.93 bits per heavy atom. The van der Waals surface area contributed by atoms with E-state index in [4.69, 9.17) is 0 Å². The van der Waals surface area contributed by atoms with Crippen molar-refractivity contribution in [3.63, 3.8) is 0 Å². The van der Waals surface area contributed by atoms with Crippen LogP contribution >= 0.6 is 0 Å². The van der Waals surface area contributed by atoms with Crippen molar-refractivity contribution < 1.29 is 14.6 Å². The van der Waals surface area contributed by atoms with Gasteiger partial charge in [0.25, 0.3) is 0 Å². The second-order valence-electron chi connectivity index (χ2n) is 3.18. The maximum atomic E-state index is 10.8. The molecule has 1 aliphatic heterocycles. The largest absolute Gasteiger partial charge is 0.428 e. The van der Waals surface area contributed by atoms with Gasteiger partial charge in [0, 0.05) is 11.6 Å². The molecule has 0 amide bonds. The Bertz CT molecular complexity index is 418. The molecule has 1 aromatic rings. The lowest BCUT2D eigenvalue weighted by Crippen LogP contribution is -2.08. The molecule has 0 radical (unpaired) electrons. The van der Waals surface area contributed by atoms with Gasteiger partial charge in [-0.05, 0) is 5.56 Å². The monoisotopic (exact) mass is 202 g/mol. The summed E-state index contributed by atoms with van der Waals surface area (Å²) < 4.78 is 4.53. The molecule has 76 valence electrons. The van der Waals surface area contributed by atoms with Crippen LogP contribution in [0.1, 0.15) is 5.56 Å². The first-order valence-corrected chi connectivity index (χ1v) is 4.59. The van der Waals surface area contributed by atoms with Gasteiger partial charge in [0.05, 0.1) is 0 Å². The van der Waals surface area contributed by atoms with Gasteiger partial charge < -0.3 is 9.84 Å². The molecule has 0 bridgehead atoms.